The van der Waals surface area contributed by atoms with Gasteiger partial charge in [-0.05, 0) is 30.2 Å². The lowest BCUT2D eigenvalue weighted by molar-refractivity contribution is 0.463. The van der Waals surface area contributed by atoms with Gasteiger partial charge in [-0.25, -0.2) is 0 Å². The molecule has 1 rings (SSSR count). The standard InChI is InChI=1S/C11H14ClNO/c1-3-5-9(4-2)13-8-10-6-7-11(12)14-10/h2,6-7,9,13H,3,5,8H2,1H3. The molecule has 0 radical (unpaired) electrons. The van der Waals surface area contributed by atoms with Gasteiger partial charge in [0.15, 0.2) is 5.22 Å². The van der Waals surface area contributed by atoms with Gasteiger partial charge in [0.2, 0.25) is 0 Å². The summed E-state index contributed by atoms with van der Waals surface area (Å²) in [5.74, 6) is 3.51. The monoisotopic (exact) mass is 211 g/mol. The van der Waals surface area contributed by atoms with Crippen molar-refractivity contribution < 1.29 is 4.42 Å². The minimum Gasteiger partial charge on any atom is -0.448 e. The van der Waals surface area contributed by atoms with Crippen LogP contribution in [-0.2, 0) is 6.54 Å². The molecule has 14 heavy (non-hydrogen) atoms. The molecule has 1 atom stereocenters. The molecule has 0 amide bonds. The Morgan fingerprint density at radius 3 is 2.93 bits per heavy atom. The van der Waals surface area contributed by atoms with E-state index in [4.69, 9.17) is 22.4 Å². The molecule has 0 saturated carbocycles. The molecule has 3 heteroatoms. The second-order valence-corrected chi connectivity index (χ2v) is 3.47. The highest BCUT2D eigenvalue weighted by molar-refractivity contribution is 6.28. The normalized spacial score (nSPS) is 12.4. The molecule has 0 saturated heterocycles. The van der Waals surface area contributed by atoms with Crippen molar-refractivity contribution in [2.75, 3.05) is 0 Å². The van der Waals surface area contributed by atoms with Crippen molar-refractivity contribution in [1.29, 1.82) is 0 Å². The summed E-state index contributed by atoms with van der Waals surface area (Å²) in [6.45, 7) is 2.73. The third-order valence-corrected chi connectivity index (χ3v) is 2.13. The zero-order valence-corrected chi connectivity index (χ0v) is 8.97. The van der Waals surface area contributed by atoms with Crippen LogP contribution < -0.4 is 5.32 Å². The number of furan rings is 1. The maximum absolute atomic E-state index is 5.64. The summed E-state index contributed by atoms with van der Waals surface area (Å²) < 4.78 is 5.19. The molecule has 1 aromatic heterocycles. The van der Waals surface area contributed by atoms with E-state index in [2.05, 4.69) is 18.2 Å². The molecule has 0 fully saturated rings. The molecule has 1 heterocycles. The molecule has 76 valence electrons. The van der Waals surface area contributed by atoms with E-state index in [0.717, 1.165) is 18.6 Å². The van der Waals surface area contributed by atoms with Gasteiger partial charge in [0.05, 0.1) is 12.6 Å². The lowest BCUT2D eigenvalue weighted by atomic mass is 10.2. The molecule has 1 unspecified atom stereocenters. The second kappa shape index (κ2) is 5.74. The topological polar surface area (TPSA) is 25.2 Å². The fourth-order valence-corrected chi connectivity index (χ4v) is 1.37. The summed E-state index contributed by atoms with van der Waals surface area (Å²) in [6.07, 6.45) is 7.41. The van der Waals surface area contributed by atoms with Gasteiger partial charge < -0.3 is 4.42 Å². The second-order valence-electron chi connectivity index (χ2n) is 3.09. The van der Waals surface area contributed by atoms with Gasteiger partial charge in [0.25, 0.3) is 0 Å². The van der Waals surface area contributed by atoms with Crippen LogP contribution in [0, 0.1) is 12.3 Å². The first kappa shape index (κ1) is 11.2. The Morgan fingerprint density at radius 2 is 2.43 bits per heavy atom. The number of hydrogen-bond donors (Lipinski definition) is 1. The van der Waals surface area contributed by atoms with Crippen LogP contribution in [0.1, 0.15) is 25.5 Å². The number of halogens is 1. The lowest BCUT2D eigenvalue weighted by Gasteiger charge is -2.09. The summed E-state index contributed by atoms with van der Waals surface area (Å²) in [4.78, 5) is 0. The van der Waals surface area contributed by atoms with Gasteiger partial charge in [-0.15, -0.1) is 6.42 Å². The summed E-state index contributed by atoms with van der Waals surface area (Å²) in [7, 11) is 0. The van der Waals surface area contributed by atoms with E-state index in [-0.39, 0.29) is 6.04 Å². The van der Waals surface area contributed by atoms with Crippen molar-refractivity contribution in [1.82, 2.24) is 5.32 Å². The van der Waals surface area contributed by atoms with Gasteiger partial charge in [-0.3, -0.25) is 5.32 Å². The van der Waals surface area contributed by atoms with Crippen LogP contribution >= 0.6 is 11.6 Å². The van der Waals surface area contributed by atoms with Crippen LogP contribution in [0.3, 0.4) is 0 Å². The van der Waals surface area contributed by atoms with E-state index in [0.29, 0.717) is 11.8 Å². The average Bonchev–Trinajstić information content (AvgIpc) is 2.59. The van der Waals surface area contributed by atoms with Gasteiger partial charge in [0.1, 0.15) is 5.76 Å². The van der Waals surface area contributed by atoms with Crippen molar-refractivity contribution >= 4 is 11.6 Å². The molecule has 2 nitrogen and oxygen atoms in total. The zero-order chi connectivity index (χ0) is 10.4. The molecular weight excluding hydrogens is 198 g/mol. The number of hydrogen-bond acceptors (Lipinski definition) is 2. The average molecular weight is 212 g/mol. The molecular formula is C11H14ClNO. The zero-order valence-electron chi connectivity index (χ0n) is 8.22. The maximum Gasteiger partial charge on any atom is 0.193 e. The minimum absolute atomic E-state index is 0.115. The Kier molecular flexibility index (Phi) is 4.58. The predicted molar refractivity (Wildman–Crippen MR) is 58.1 cm³/mol. The Labute approximate surface area is 89.6 Å². The lowest BCUT2D eigenvalue weighted by Crippen LogP contribution is -2.26. The molecule has 1 aromatic rings. The summed E-state index contributed by atoms with van der Waals surface area (Å²) >= 11 is 5.64. The highest BCUT2D eigenvalue weighted by Crippen LogP contribution is 2.12. The van der Waals surface area contributed by atoms with E-state index in [1.165, 1.54) is 0 Å². The molecule has 0 aliphatic heterocycles. The van der Waals surface area contributed by atoms with Crippen LogP contribution in [0.5, 0.6) is 0 Å². The SMILES string of the molecule is C#CC(CCC)NCc1ccc(Cl)o1. The first-order chi connectivity index (χ1) is 6.76. The third kappa shape index (κ3) is 3.45. The van der Waals surface area contributed by atoms with Crippen LogP contribution in [0.15, 0.2) is 16.5 Å². The van der Waals surface area contributed by atoms with Crippen molar-refractivity contribution in [2.24, 2.45) is 0 Å². The maximum atomic E-state index is 5.64. The van der Waals surface area contributed by atoms with Crippen molar-refractivity contribution in [3.05, 3.63) is 23.1 Å². The van der Waals surface area contributed by atoms with Crippen molar-refractivity contribution in [2.45, 2.75) is 32.4 Å². The van der Waals surface area contributed by atoms with Crippen molar-refractivity contribution in [3.8, 4) is 12.3 Å². The quantitative estimate of drug-likeness (QED) is 0.758. The first-order valence-electron chi connectivity index (χ1n) is 4.70. The van der Waals surface area contributed by atoms with Gasteiger partial charge in [0, 0.05) is 0 Å². The fraction of sp³-hybridized carbons (Fsp3) is 0.455. The van der Waals surface area contributed by atoms with Crippen LogP contribution in [0.4, 0.5) is 0 Å². The molecule has 1 N–H and O–H groups in total. The van der Waals surface area contributed by atoms with Gasteiger partial charge in [-0.1, -0.05) is 19.3 Å². The molecule has 0 spiro atoms. The Hall–Kier alpha value is -0.910. The Bertz CT molecular complexity index is 313. The van der Waals surface area contributed by atoms with E-state index < -0.39 is 0 Å². The fourth-order valence-electron chi connectivity index (χ4n) is 1.20. The molecule has 0 bridgehead atoms. The van der Waals surface area contributed by atoms with E-state index in [9.17, 15) is 0 Å². The predicted octanol–water partition coefficient (Wildman–Crippen LogP) is 2.82. The van der Waals surface area contributed by atoms with Gasteiger partial charge >= 0.3 is 0 Å². The smallest absolute Gasteiger partial charge is 0.193 e. The highest BCUT2D eigenvalue weighted by Gasteiger charge is 2.04. The minimum atomic E-state index is 0.115. The van der Waals surface area contributed by atoms with Gasteiger partial charge in [-0.2, -0.15) is 0 Å². The summed E-state index contributed by atoms with van der Waals surface area (Å²) in [6, 6.07) is 3.68. The molecule has 0 aliphatic carbocycles. The van der Waals surface area contributed by atoms with Crippen LogP contribution in [0.25, 0.3) is 0 Å². The molecule has 0 aliphatic rings. The Morgan fingerprint density at radius 1 is 1.64 bits per heavy atom. The summed E-state index contributed by atoms with van der Waals surface area (Å²) in [5, 5.41) is 3.62. The van der Waals surface area contributed by atoms with Crippen LogP contribution in [-0.4, -0.2) is 6.04 Å². The number of terminal acetylenes is 1. The molecule has 0 aromatic carbocycles. The van der Waals surface area contributed by atoms with E-state index >= 15 is 0 Å². The van der Waals surface area contributed by atoms with Crippen molar-refractivity contribution in [3.63, 3.8) is 0 Å². The largest absolute Gasteiger partial charge is 0.448 e. The first-order valence-corrected chi connectivity index (χ1v) is 5.07. The van der Waals surface area contributed by atoms with E-state index in [1.807, 2.05) is 6.07 Å². The number of rotatable bonds is 5. The van der Waals surface area contributed by atoms with E-state index in [1.54, 1.807) is 6.07 Å². The Balaban J connectivity index is 2.36. The third-order valence-electron chi connectivity index (χ3n) is 1.93. The summed E-state index contributed by atoms with van der Waals surface area (Å²) in [5.41, 5.74) is 0. The van der Waals surface area contributed by atoms with Crippen LogP contribution in [0.2, 0.25) is 5.22 Å². The number of nitrogens with one attached hydrogen (secondary N) is 1. The highest BCUT2D eigenvalue weighted by atomic mass is 35.5.